The number of amides is 2. The van der Waals surface area contributed by atoms with Gasteiger partial charge < -0.3 is 15.2 Å². The standard InChI is InChI=1S/C16H27BrN2O4/c1-15(2,10-23-13-7-5-6-8-22-13)11(18)9-12(20)19-14(21)16(3,4)17/h9,13H,5-8,10,18H2,1-4H3,(H,19,20,21). The lowest BCUT2D eigenvalue weighted by Gasteiger charge is -2.29. The predicted molar refractivity (Wildman–Crippen MR) is 91.8 cm³/mol. The molecule has 1 unspecified atom stereocenters. The molecule has 0 aliphatic carbocycles. The average Bonchev–Trinajstić information content (AvgIpc) is 2.45. The molecule has 0 aromatic heterocycles. The van der Waals surface area contributed by atoms with Crippen LogP contribution in [0.5, 0.6) is 0 Å². The lowest BCUT2D eigenvalue weighted by Crippen LogP contribution is -2.41. The predicted octanol–water partition coefficient (Wildman–Crippen LogP) is 2.21. The van der Waals surface area contributed by atoms with E-state index in [1.165, 1.54) is 6.08 Å². The first kappa shape index (κ1) is 20.1. The van der Waals surface area contributed by atoms with Crippen LogP contribution in [0.4, 0.5) is 0 Å². The van der Waals surface area contributed by atoms with Crippen LogP contribution >= 0.6 is 15.9 Å². The summed E-state index contributed by atoms with van der Waals surface area (Å²) in [6.45, 7) is 8.13. The van der Waals surface area contributed by atoms with Crippen LogP contribution < -0.4 is 11.1 Å². The lowest BCUT2D eigenvalue weighted by molar-refractivity contribution is -0.173. The van der Waals surface area contributed by atoms with Crippen LogP contribution in [0.3, 0.4) is 0 Å². The second-order valence-electron chi connectivity index (χ2n) is 6.88. The summed E-state index contributed by atoms with van der Waals surface area (Å²) in [7, 11) is 0. The Balaban J connectivity index is 2.56. The normalized spacial score (nSPS) is 20.2. The number of halogens is 1. The van der Waals surface area contributed by atoms with Gasteiger partial charge in [-0.25, -0.2) is 0 Å². The zero-order chi connectivity index (χ0) is 17.7. The average molecular weight is 391 g/mol. The molecule has 0 aromatic carbocycles. The van der Waals surface area contributed by atoms with Crippen molar-refractivity contribution in [2.24, 2.45) is 11.1 Å². The highest BCUT2D eigenvalue weighted by Crippen LogP contribution is 2.25. The number of rotatable bonds is 6. The van der Waals surface area contributed by atoms with Gasteiger partial charge in [-0.1, -0.05) is 29.8 Å². The minimum atomic E-state index is -0.817. The molecule has 1 atom stereocenters. The smallest absolute Gasteiger partial charge is 0.252 e. The van der Waals surface area contributed by atoms with E-state index in [4.69, 9.17) is 15.2 Å². The molecule has 1 saturated heterocycles. The molecule has 1 rings (SSSR count). The molecular weight excluding hydrogens is 364 g/mol. The number of hydrogen-bond donors (Lipinski definition) is 2. The molecule has 6 nitrogen and oxygen atoms in total. The fourth-order valence-corrected chi connectivity index (χ4v) is 1.96. The van der Waals surface area contributed by atoms with Crippen molar-refractivity contribution in [3.63, 3.8) is 0 Å². The van der Waals surface area contributed by atoms with Gasteiger partial charge in [-0.15, -0.1) is 0 Å². The second-order valence-corrected chi connectivity index (χ2v) is 8.86. The molecule has 0 bridgehead atoms. The van der Waals surface area contributed by atoms with Gasteiger partial charge in [0.1, 0.15) is 0 Å². The van der Waals surface area contributed by atoms with E-state index in [9.17, 15) is 9.59 Å². The lowest BCUT2D eigenvalue weighted by atomic mass is 9.90. The molecule has 132 valence electrons. The SMILES string of the molecule is CC(C)(Br)C(=O)NC(=O)C=C(N)C(C)(C)COC1CCCCO1. The van der Waals surface area contributed by atoms with E-state index < -0.39 is 21.6 Å². The molecule has 1 aliphatic rings. The number of ether oxygens (including phenoxy) is 2. The van der Waals surface area contributed by atoms with E-state index in [0.717, 1.165) is 19.3 Å². The van der Waals surface area contributed by atoms with Crippen molar-refractivity contribution in [2.45, 2.75) is 57.6 Å². The third-order valence-electron chi connectivity index (χ3n) is 3.61. The van der Waals surface area contributed by atoms with Gasteiger partial charge in [0.25, 0.3) is 5.91 Å². The van der Waals surface area contributed by atoms with Crippen molar-refractivity contribution < 1.29 is 19.1 Å². The monoisotopic (exact) mass is 390 g/mol. The van der Waals surface area contributed by atoms with E-state index in [2.05, 4.69) is 21.2 Å². The molecule has 0 radical (unpaired) electrons. The number of carbonyl (C=O) groups is 2. The van der Waals surface area contributed by atoms with E-state index in [-0.39, 0.29) is 6.29 Å². The van der Waals surface area contributed by atoms with Gasteiger partial charge in [0, 0.05) is 23.8 Å². The van der Waals surface area contributed by atoms with E-state index in [0.29, 0.717) is 18.9 Å². The Morgan fingerprint density at radius 1 is 1.35 bits per heavy atom. The van der Waals surface area contributed by atoms with Gasteiger partial charge in [-0.3, -0.25) is 14.9 Å². The molecule has 0 aromatic rings. The molecule has 7 heteroatoms. The molecule has 2 amide bonds. The van der Waals surface area contributed by atoms with Crippen LogP contribution in [-0.2, 0) is 19.1 Å². The number of hydrogen-bond acceptors (Lipinski definition) is 5. The quantitative estimate of drug-likeness (QED) is 0.535. The number of imide groups is 1. The minimum Gasteiger partial charge on any atom is -0.401 e. The van der Waals surface area contributed by atoms with Crippen LogP contribution in [0, 0.1) is 5.41 Å². The highest BCUT2D eigenvalue weighted by Gasteiger charge is 2.27. The van der Waals surface area contributed by atoms with Gasteiger partial charge in [0.05, 0.1) is 10.9 Å². The van der Waals surface area contributed by atoms with Gasteiger partial charge in [0.15, 0.2) is 6.29 Å². The van der Waals surface area contributed by atoms with Crippen LogP contribution in [0.2, 0.25) is 0 Å². The van der Waals surface area contributed by atoms with Crippen LogP contribution in [0.15, 0.2) is 11.8 Å². The van der Waals surface area contributed by atoms with E-state index in [1.807, 2.05) is 13.8 Å². The van der Waals surface area contributed by atoms with Crippen molar-refractivity contribution in [3.05, 3.63) is 11.8 Å². The van der Waals surface area contributed by atoms with Crippen LogP contribution in [-0.4, -0.2) is 35.6 Å². The van der Waals surface area contributed by atoms with Crippen molar-refractivity contribution in [3.8, 4) is 0 Å². The topological polar surface area (TPSA) is 90.7 Å². The van der Waals surface area contributed by atoms with Crippen molar-refractivity contribution in [1.82, 2.24) is 5.32 Å². The molecule has 1 heterocycles. The molecule has 0 spiro atoms. The molecule has 1 aliphatic heterocycles. The summed E-state index contributed by atoms with van der Waals surface area (Å²) in [4.78, 5) is 23.6. The maximum Gasteiger partial charge on any atom is 0.252 e. The summed E-state index contributed by atoms with van der Waals surface area (Å²) in [5, 5.41) is 2.28. The minimum absolute atomic E-state index is 0.208. The van der Waals surface area contributed by atoms with Crippen molar-refractivity contribution >= 4 is 27.7 Å². The first-order valence-corrected chi connectivity index (χ1v) is 8.57. The molecule has 1 fully saturated rings. The number of nitrogens with one attached hydrogen (secondary N) is 1. The first-order valence-electron chi connectivity index (χ1n) is 7.77. The first-order chi connectivity index (χ1) is 10.5. The number of nitrogens with two attached hydrogens (primary N) is 1. The molecule has 23 heavy (non-hydrogen) atoms. The molecule has 0 saturated carbocycles. The summed E-state index contributed by atoms with van der Waals surface area (Å²) < 4.78 is 10.4. The van der Waals surface area contributed by atoms with Crippen LogP contribution in [0.1, 0.15) is 47.0 Å². The highest BCUT2D eigenvalue weighted by molar-refractivity contribution is 9.10. The van der Waals surface area contributed by atoms with Gasteiger partial charge in [-0.2, -0.15) is 0 Å². The fourth-order valence-electron chi connectivity index (χ4n) is 1.86. The maximum absolute atomic E-state index is 11.9. The maximum atomic E-state index is 11.9. The summed E-state index contributed by atoms with van der Waals surface area (Å²) in [5.41, 5.74) is 5.83. The Morgan fingerprint density at radius 3 is 2.52 bits per heavy atom. The van der Waals surface area contributed by atoms with Crippen molar-refractivity contribution in [2.75, 3.05) is 13.2 Å². The summed E-state index contributed by atoms with van der Waals surface area (Å²) in [5.74, 6) is -0.960. The second kappa shape index (κ2) is 8.26. The zero-order valence-corrected chi connectivity index (χ0v) is 15.9. The Labute approximate surface area is 146 Å². The van der Waals surface area contributed by atoms with Gasteiger partial charge >= 0.3 is 0 Å². The van der Waals surface area contributed by atoms with E-state index >= 15 is 0 Å². The summed E-state index contributed by atoms with van der Waals surface area (Å²) >= 11 is 3.20. The Morgan fingerprint density at radius 2 is 2.00 bits per heavy atom. The Kier molecular flexibility index (Phi) is 7.23. The van der Waals surface area contributed by atoms with Gasteiger partial charge in [-0.05, 0) is 33.1 Å². The molecule has 3 N–H and O–H groups in total. The Bertz CT molecular complexity index is 463. The summed E-state index contributed by atoms with van der Waals surface area (Å²) in [6.07, 6.45) is 4.05. The van der Waals surface area contributed by atoms with Gasteiger partial charge in [0.2, 0.25) is 5.91 Å². The third kappa shape index (κ3) is 7.01. The Hall–Kier alpha value is -0.920. The summed E-state index contributed by atoms with van der Waals surface area (Å²) in [6, 6.07) is 0. The highest BCUT2D eigenvalue weighted by atomic mass is 79.9. The third-order valence-corrected chi connectivity index (χ3v) is 3.97. The zero-order valence-electron chi connectivity index (χ0n) is 14.3. The largest absolute Gasteiger partial charge is 0.401 e. The van der Waals surface area contributed by atoms with Crippen molar-refractivity contribution in [1.29, 1.82) is 0 Å². The van der Waals surface area contributed by atoms with Crippen LogP contribution in [0.25, 0.3) is 0 Å². The number of carbonyl (C=O) groups excluding carboxylic acids is 2. The number of alkyl halides is 1. The fraction of sp³-hybridized carbons (Fsp3) is 0.750. The van der Waals surface area contributed by atoms with E-state index in [1.54, 1.807) is 13.8 Å². The molecular formula is C16H27BrN2O4.